The van der Waals surface area contributed by atoms with Crippen LogP contribution in [0.25, 0.3) is 0 Å². The second-order valence-electron chi connectivity index (χ2n) is 8.69. The van der Waals surface area contributed by atoms with Gasteiger partial charge in [0.05, 0.1) is 6.61 Å². The van der Waals surface area contributed by atoms with Crippen molar-refractivity contribution in [3.8, 4) is 23.0 Å². The number of amides is 1. The number of aliphatic imine (C=N–C) groups is 1. The molecule has 1 spiro atoms. The van der Waals surface area contributed by atoms with Crippen LogP contribution in [0.15, 0.2) is 41.4 Å². The first-order chi connectivity index (χ1) is 16.0. The first-order valence-electron chi connectivity index (χ1n) is 11.4. The minimum atomic E-state index is -0.519. The minimum absolute atomic E-state index is 0.0826. The van der Waals surface area contributed by atoms with E-state index in [0.717, 1.165) is 22.6 Å². The van der Waals surface area contributed by atoms with Gasteiger partial charge in [-0.05, 0) is 36.8 Å². The van der Waals surface area contributed by atoms with Crippen LogP contribution in [0.1, 0.15) is 50.3 Å². The van der Waals surface area contributed by atoms with Crippen molar-refractivity contribution < 1.29 is 24.1 Å². The Morgan fingerprint density at radius 3 is 2.79 bits per heavy atom. The highest BCUT2D eigenvalue weighted by Gasteiger charge is 2.41. The molecule has 0 unspecified atom stereocenters. The third kappa shape index (κ3) is 4.11. The molecular formula is C25H29N3O5. The highest BCUT2D eigenvalue weighted by Crippen LogP contribution is 2.41. The fraction of sp³-hybridized carbons (Fsp3) is 0.440. The number of para-hydroxylation sites is 1. The number of benzene rings is 2. The Labute approximate surface area is 193 Å². The number of phenols is 1. The van der Waals surface area contributed by atoms with Crippen LogP contribution < -0.4 is 19.5 Å². The zero-order valence-corrected chi connectivity index (χ0v) is 19.0. The van der Waals surface area contributed by atoms with Crippen molar-refractivity contribution in [1.29, 1.82) is 0 Å². The van der Waals surface area contributed by atoms with Gasteiger partial charge >= 0.3 is 0 Å². The summed E-state index contributed by atoms with van der Waals surface area (Å²) < 4.78 is 16.7. The Balaban J connectivity index is 1.52. The number of piperidine rings is 1. The molecule has 33 heavy (non-hydrogen) atoms. The molecule has 2 N–H and O–H groups in total. The predicted octanol–water partition coefficient (Wildman–Crippen LogP) is 3.38. The third-order valence-electron chi connectivity index (χ3n) is 6.64. The summed E-state index contributed by atoms with van der Waals surface area (Å²) in [5, 5.41) is 14.7. The fourth-order valence-electron chi connectivity index (χ4n) is 4.89. The number of aromatic hydroxyl groups is 1. The molecule has 174 valence electrons. The van der Waals surface area contributed by atoms with E-state index in [9.17, 15) is 9.90 Å². The maximum atomic E-state index is 11.9. The van der Waals surface area contributed by atoms with Crippen LogP contribution in [0.2, 0.25) is 0 Å². The summed E-state index contributed by atoms with van der Waals surface area (Å²) in [7, 11) is 0. The smallest absolute Gasteiger partial charge is 0.231 e. The zero-order valence-electron chi connectivity index (χ0n) is 19.0. The number of fused-ring (bicyclic) bond motifs is 1. The van der Waals surface area contributed by atoms with Gasteiger partial charge in [0.1, 0.15) is 5.66 Å². The minimum Gasteiger partial charge on any atom is -0.504 e. The summed E-state index contributed by atoms with van der Waals surface area (Å²) in [6.45, 7) is 5.47. The number of ether oxygens (including phenoxy) is 3. The van der Waals surface area contributed by atoms with Gasteiger partial charge in [-0.3, -0.25) is 15.1 Å². The molecule has 1 fully saturated rings. The summed E-state index contributed by atoms with van der Waals surface area (Å²) in [6, 6.07) is 11.3. The Hall–Kier alpha value is -3.26. The van der Waals surface area contributed by atoms with Crippen molar-refractivity contribution in [2.24, 2.45) is 4.99 Å². The third-order valence-corrected chi connectivity index (χ3v) is 6.64. The van der Waals surface area contributed by atoms with Gasteiger partial charge < -0.3 is 24.2 Å². The van der Waals surface area contributed by atoms with Crippen LogP contribution in [0.5, 0.6) is 23.0 Å². The number of carbonyl (C=O) groups excluding carboxylic acids is 1. The lowest BCUT2D eigenvalue weighted by molar-refractivity contribution is -0.130. The number of likely N-dealkylation sites (tertiary alicyclic amines) is 1. The molecule has 0 saturated carbocycles. The second-order valence-corrected chi connectivity index (χ2v) is 8.69. The first kappa shape index (κ1) is 21.6. The summed E-state index contributed by atoms with van der Waals surface area (Å²) in [4.78, 5) is 18.9. The van der Waals surface area contributed by atoms with E-state index in [1.54, 1.807) is 13.0 Å². The molecule has 3 heterocycles. The molecule has 3 aliphatic rings. The maximum Gasteiger partial charge on any atom is 0.231 e. The van der Waals surface area contributed by atoms with Crippen molar-refractivity contribution >= 4 is 11.6 Å². The Kier molecular flexibility index (Phi) is 5.62. The molecule has 1 atom stereocenters. The molecule has 1 amide bonds. The molecular weight excluding hydrogens is 422 g/mol. The van der Waals surface area contributed by atoms with Crippen LogP contribution in [0.4, 0.5) is 0 Å². The summed E-state index contributed by atoms with van der Waals surface area (Å²) in [6.07, 6.45) is 1.99. The highest BCUT2D eigenvalue weighted by molar-refractivity contribution is 6.02. The number of nitrogens with one attached hydrogen (secondary N) is 1. The van der Waals surface area contributed by atoms with Gasteiger partial charge in [-0.2, -0.15) is 0 Å². The first-order valence-corrected chi connectivity index (χ1v) is 11.4. The molecule has 0 aliphatic carbocycles. The Bertz CT molecular complexity index is 1090. The van der Waals surface area contributed by atoms with Gasteiger partial charge in [-0.25, -0.2) is 0 Å². The van der Waals surface area contributed by atoms with Crippen LogP contribution in [-0.2, 0) is 4.79 Å². The molecule has 8 nitrogen and oxygen atoms in total. The number of nitrogens with zero attached hydrogens (tertiary/aromatic N) is 2. The van der Waals surface area contributed by atoms with Gasteiger partial charge in [0, 0.05) is 56.6 Å². The summed E-state index contributed by atoms with van der Waals surface area (Å²) in [5.41, 5.74) is 2.17. The van der Waals surface area contributed by atoms with Crippen LogP contribution in [-0.4, -0.2) is 53.8 Å². The fourth-order valence-corrected chi connectivity index (χ4v) is 4.89. The molecule has 2 aromatic rings. The van der Waals surface area contributed by atoms with E-state index in [1.807, 2.05) is 42.2 Å². The van der Waals surface area contributed by atoms with Crippen molar-refractivity contribution in [3.05, 3.63) is 47.5 Å². The lowest BCUT2D eigenvalue weighted by Gasteiger charge is -2.45. The molecule has 1 saturated heterocycles. The number of hydrogen-bond donors (Lipinski definition) is 2. The monoisotopic (exact) mass is 451 g/mol. The second kappa shape index (κ2) is 8.59. The van der Waals surface area contributed by atoms with E-state index in [1.165, 1.54) is 0 Å². The van der Waals surface area contributed by atoms with E-state index in [2.05, 4.69) is 5.32 Å². The van der Waals surface area contributed by atoms with E-state index < -0.39 is 5.66 Å². The number of phenolic OH excluding ortho intramolecular Hbond substituents is 1. The average molecular weight is 452 g/mol. The van der Waals surface area contributed by atoms with Gasteiger partial charge in [0.25, 0.3) is 0 Å². The van der Waals surface area contributed by atoms with E-state index in [4.69, 9.17) is 19.2 Å². The molecule has 0 aromatic heterocycles. The van der Waals surface area contributed by atoms with Crippen LogP contribution in [0, 0.1) is 0 Å². The number of carbonyl (C=O) groups is 1. The average Bonchev–Trinajstić information content (AvgIpc) is 3.28. The lowest BCUT2D eigenvalue weighted by atomic mass is 9.87. The van der Waals surface area contributed by atoms with E-state index >= 15 is 0 Å². The number of rotatable bonds is 4. The normalized spacial score (nSPS) is 21.1. The quantitative estimate of drug-likeness (QED) is 0.740. The van der Waals surface area contributed by atoms with Crippen molar-refractivity contribution in [1.82, 2.24) is 10.2 Å². The zero-order chi connectivity index (χ0) is 23.0. The van der Waals surface area contributed by atoms with Crippen molar-refractivity contribution in [2.45, 2.75) is 44.8 Å². The van der Waals surface area contributed by atoms with Crippen molar-refractivity contribution in [3.63, 3.8) is 0 Å². The predicted molar refractivity (Wildman–Crippen MR) is 123 cm³/mol. The van der Waals surface area contributed by atoms with E-state index in [-0.39, 0.29) is 24.5 Å². The van der Waals surface area contributed by atoms with Gasteiger partial charge in [-0.1, -0.05) is 12.1 Å². The van der Waals surface area contributed by atoms with E-state index in [0.29, 0.717) is 50.5 Å². The van der Waals surface area contributed by atoms with Crippen molar-refractivity contribution in [2.75, 3.05) is 26.5 Å². The molecule has 0 radical (unpaired) electrons. The van der Waals surface area contributed by atoms with Gasteiger partial charge in [0.15, 0.2) is 23.0 Å². The van der Waals surface area contributed by atoms with Crippen LogP contribution in [0.3, 0.4) is 0 Å². The lowest BCUT2D eigenvalue weighted by Crippen LogP contribution is -2.56. The van der Waals surface area contributed by atoms with Gasteiger partial charge in [0.2, 0.25) is 12.7 Å². The summed E-state index contributed by atoms with van der Waals surface area (Å²) >= 11 is 0. The Morgan fingerprint density at radius 2 is 2.03 bits per heavy atom. The largest absolute Gasteiger partial charge is 0.504 e. The topological polar surface area (TPSA) is 92.6 Å². The molecule has 8 heteroatoms. The standard InChI is InChI=1S/C25H29N3O5/c1-3-31-22-6-4-5-18(24(22)30)20-14-19(17-7-8-21-23(13-17)33-15-32-21)26-25(27-20)9-11-28(12-10-25)16(2)29/h4-8,13,20,27,30H,3,9-12,14-15H2,1-2H3/t20-/m1/s1. The van der Waals surface area contributed by atoms with Crippen LogP contribution >= 0.6 is 0 Å². The maximum absolute atomic E-state index is 11.9. The molecule has 5 rings (SSSR count). The summed E-state index contributed by atoms with van der Waals surface area (Å²) in [5.74, 6) is 2.16. The molecule has 0 bridgehead atoms. The highest BCUT2D eigenvalue weighted by atomic mass is 16.7. The van der Waals surface area contributed by atoms with Gasteiger partial charge in [-0.15, -0.1) is 0 Å². The molecule has 3 aliphatic heterocycles. The number of hydrogen-bond acceptors (Lipinski definition) is 7. The molecule has 2 aromatic carbocycles. The SMILES string of the molecule is CCOc1cccc([C@H]2CC(c3ccc4c(c3)OCO4)=NC3(CCN(C(C)=O)CC3)N2)c1O. The Morgan fingerprint density at radius 1 is 1.24 bits per heavy atom.